The van der Waals surface area contributed by atoms with E-state index in [4.69, 9.17) is 14.3 Å². The van der Waals surface area contributed by atoms with Gasteiger partial charge in [0, 0.05) is 11.9 Å². The lowest BCUT2D eigenvalue weighted by Crippen LogP contribution is -2.35. The molecule has 1 aliphatic rings. The van der Waals surface area contributed by atoms with Crippen molar-refractivity contribution in [3.05, 3.63) is 65.9 Å². The molecule has 1 N–H and O–H groups in total. The molecule has 1 aliphatic heterocycles. The highest BCUT2D eigenvalue weighted by molar-refractivity contribution is 5.91. The van der Waals surface area contributed by atoms with Crippen molar-refractivity contribution in [3.63, 3.8) is 0 Å². The van der Waals surface area contributed by atoms with Crippen molar-refractivity contribution in [3.8, 4) is 5.75 Å². The monoisotopic (exact) mass is 365 g/mol. The first-order valence-corrected chi connectivity index (χ1v) is 9.33. The minimum absolute atomic E-state index is 0.0126. The Labute approximate surface area is 158 Å². The van der Waals surface area contributed by atoms with Crippen molar-refractivity contribution in [1.29, 1.82) is 0 Å². The summed E-state index contributed by atoms with van der Waals surface area (Å²) in [6.45, 7) is 3.74. The number of hydrogen-bond acceptors (Lipinski definition) is 4. The Kier molecular flexibility index (Phi) is 5.12. The molecule has 2 aromatic carbocycles. The lowest BCUT2D eigenvalue weighted by Gasteiger charge is -2.31. The predicted molar refractivity (Wildman–Crippen MR) is 103 cm³/mol. The van der Waals surface area contributed by atoms with Crippen LogP contribution in [0.1, 0.15) is 29.0 Å². The molecule has 0 unspecified atom stereocenters. The fourth-order valence-electron chi connectivity index (χ4n) is 3.60. The van der Waals surface area contributed by atoms with E-state index in [0.717, 1.165) is 50.2 Å². The van der Waals surface area contributed by atoms with Gasteiger partial charge in [0.15, 0.2) is 0 Å². The van der Waals surface area contributed by atoms with Crippen molar-refractivity contribution in [1.82, 2.24) is 4.90 Å². The number of benzene rings is 2. The first-order valence-electron chi connectivity index (χ1n) is 9.33. The van der Waals surface area contributed by atoms with E-state index in [-0.39, 0.29) is 5.76 Å². The summed E-state index contributed by atoms with van der Waals surface area (Å²) in [5.74, 6) is 0.485. The highest BCUT2D eigenvalue weighted by Gasteiger charge is 2.20. The Balaban J connectivity index is 1.30. The third-order valence-electron chi connectivity index (χ3n) is 5.13. The van der Waals surface area contributed by atoms with Crippen LogP contribution >= 0.6 is 0 Å². The maximum atomic E-state index is 11.0. The molecule has 0 spiro atoms. The lowest BCUT2D eigenvalue weighted by molar-refractivity contribution is 0.0665. The van der Waals surface area contributed by atoms with E-state index in [0.29, 0.717) is 11.5 Å². The fourth-order valence-corrected chi connectivity index (χ4v) is 3.60. The molecule has 27 heavy (non-hydrogen) atoms. The second-order valence-corrected chi connectivity index (χ2v) is 7.13. The number of rotatable bonds is 6. The molecular formula is C22H23NO4. The van der Waals surface area contributed by atoms with Gasteiger partial charge >= 0.3 is 5.97 Å². The molecule has 1 fully saturated rings. The molecule has 3 aromatic rings. The normalized spacial score (nSPS) is 15.9. The van der Waals surface area contributed by atoms with Gasteiger partial charge in [0.25, 0.3) is 0 Å². The van der Waals surface area contributed by atoms with Crippen LogP contribution in [0.4, 0.5) is 0 Å². The van der Waals surface area contributed by atoms with Gasteiger partial charge in [-0.05, 0) is 67.7 Å². The number of aromatic carboxylic acids is 1. The number of nitrogens with zero attached hydrogens (tertiary/aromatic N) is 1. The average molecular weight is 365 g/mol. The summed E-state index contributed by atoms with van der Waals surface area (Å²) in [7, 11) is 0. The number of ether oxygens (including phenoxy) is 1. The van der Waals surface area contributed by atoms with Gasteiger partial charge in [0.05, 0.1) is 6.61 Å². The van der Waals surface area contributed by atoms with Gasteiger partial charge in [0.2, 0.25) is 5.76 Å². The van der Waals surface area contributed by atoms with Crippen LogP contribution in [0.5, 0.6) is 5.75 Å². The molecular weight excluding hydrogens is 342 g/mol. The standard InChI is InChI=1S/C22H23NO4/c24-22(25)21-13-18-12-17(6-7-20(18)27-21)14-23-10-8-16(9-11-23)15-26-19-4-2-1-3-5-19/h1-7,12-13,16H,8-11,14-15H2,(H,24,25). The lowest BCUT2D eigenvalue weighted by atomic mass is 9.97. The topological polar surface area (TPSA) is 62.9 Å². The van der Waals surface area contributed by atoms with Crippen LogP contribution in [0.3, 0.4) is 0 Å². The number of fused-ring (bicyclic) bond motifs is 1. The first-order chi connectivity index (χ1) is 13.2. The van der Waals surface area contributed by atoms with Crippen LogP contribution in [0.2, 0.25) is 0 Å². The Hall–Kier alpha value is -2.79. The molecule has 5 nitrogen and oxygen atoms in total. The molecule has 0 bridgehead atoms. The summed E-state index contributed by atoms with van der Waals surface area (Å²) in [5, 5.41) is 9.89. The van der Waals surface area contributed by atoms with Gasteiger partial charge in [0.1, 0.15) is 11.3 Å². The summed E-state index contributed by atoms with van der Waals surface area (Å²) >= 11 is 0. The Morgan fingerprint density at radius 1 is 1.11 bits per heavy atom. The van der Waals surface area contributed by atoms with Gasteiger partial charge in [-0.3, -0.25) is 4.90 Å². The van der Waals surface area contributed by atoms with Crippen LogP contribution in [-0.2, 0) is 6.54 Å². The van der Waals surface area contributed by atoms with E-state index in [1.165, 1.54) is 5.56 Å². The minimum Gasteiger partial charge on any atom is -0.493 e. The van der Waals surface area contributed by atoms with Gasteiger partial charge in [-0.15, -0.1) is 0 Å². The third kappa shape index (κ3) is 4.31. The first kappa shape index (κ1) is 17.6. The molecule has 0 saturated carbocycles. The quantitative estimate of drug-likeness (QED) is 0.700. The molecule has 0 aliphatic carbocycles. The molecule has 2 heterocycles. The molecule has 4 rings (SSSR count). The number of hydrogen-bond donors (Lipinski definition) is 1. The summed E-state index contributed by atoms with van der Waals surface area (Å²) in [4.78, 5) is 13.5. The molecule has 0 atom stereocenters. The van der Waals surface area contributed by atoms with Gasteiger partial charge in [-0.2, -0.15) is 0 Å². The van der Waals surface area contributed by atoms with Gasteiger partial charge in [-0.25, -0.2) is 4.79 Å². The van der Waals surface area contributed by atoms with Crippen molar-refractivity contribution >= 4 is 16.9 Å². The summed E-state index contributed by atoms with van der Waals surface area (Å²) in [6, 6.07) is 17.5. The number of para-hydroxylation sites is 1. The number of likely N-dealkylation sites (tertiary alicyclic amines) is 1. The number of carbonyl (C=O) groups is 1. The average Bonchev–Trinajstić information content (AvgIpc) is 3.12. The number of carboxylic acids is 1. The SMILES string of the molecule is O=C(O)c1cc2cc(CN3CCC(COc4ccccc4)CC3)ccc2o1. The smallest absolute Gasteiger partial charge is 0.371 e. The second kappa shape index (κ2) is 7.84. The predicted octanol–water partition coefficient (Wildman–Crippen LogP) is 4.42. The summed E-state index contributed by atoms with van der Waals surface area (Å²) in [5.41, 5.74) is 1.80. The van der Waals surface area contributed by atoms with E-state index >= 15 is 0 Å². The van der Waals surface area contributed by atoms with Crippen LogP contribution in [-0.4, -0.2) is 35.7 Å². The zero-order chi connectivity index (χ0) is 18.6. The van der Waals surface area contributed by atoms with E-state index < -0.39 is 5.97 Å². The van der Waals surface area contributed by atoms with Crippen molar-refractivity contribution in [2.45, 2.75) is 19.4 Å². The molecule has 0 amide bonds. The Morgan fingerprint density at radius 2 is 1.89 bits per heavy atom. The largest absolute Gasteiger partial charge is 0.493 e. The van der Waals surface area contributed by atoms with E-state index in [1.54, 1.807) is 6.07 Å². The molecule has 0 radical (unpaired) electrons. The maximum Gasteiger partial charge on any atom is 0.371 e. The maximum absolute atomic E-state index is 11.0. The fraction of sp³-hybridized carbons (Fsp3) is 0.318. The van der Waals surface area contributed by atoms with Crippen LogP contribution < -0.4 is 4.74 Å². The van der Waals surface area contributed by atoms with Crippen molar-refractivity contribution < 1.29 is 19.1 Å². The minimum atomic E-state index is -1.03. The van der Waals surface area contributed by atoms with Crippen LogP contribution in [0.15, 0.2) is 59.0 Å². The van der Waals surface area contributed by atoms with Crippen LogP contribution in [0.25, 0.3) is 11.0 Å². The van der Waals surface area contributed by atoms with Crippen molar-refractivity contribution in [2.24, 2.45) is 5.92 Å². The van der Waals surface area contributed by atoms with Crippen LogP contribution in [0, 0.1) is 5.92 Å². The molecule has 5 heteroatoms. The third-order valence-corrected chi connectivity index (χ3v) is 5.13. The van der Waals surface area contributed by atoms with E-state index in [9.17, 15) is 4.79 Å². The van der Waals surface area contributed by atoms with Gasteiger partial charge in [-0.1, -0.05) is 24.3 Å². The van der Waals surface area contributed by atoms with Crippen molar-refractivity contribution in [2.75, 3.05) is 19.7 Å². The Bertz CT molecular complexity index is 910. The number of carboxylic acid groups (broad SMARTS) is 1. The van der Waals surface area contributed by atoms with Gasteiger partial charge < -0.3 is 14.3 Å². The molecule has 140 valence electrons. The summed E-state index contributed by atoms with van der Waals surface area (Å²) < 4.78 is 11.2. The molecule has 1 aromatic heterocycles. The number of piperidine rings is 1. The van der Waals surface area contributed by atoms with E-state index in [1.807, 2.05) is 48.5 Å². The number of furan rings is 1. The highest BCUT2D eigenvalue weighted by atomic mass is 16.5. The second-order valence-electron chi connectivity index (χ2n) is 7.13. The zero-order valence-corrected chi connectivity index (χ0v) is 15.1. The zero-order valence-electron chi connectivity index (χ0n) is 15.1. The highest BCUT2D eigenvalue weighted by Crippen LogP contribution is 2.24. The summed E-state index contributed by atoms with van der Waals surface area (Å²) in [6.07, 6.45) is 2.26. The van der Waals surface area contributed by atoms with E-state index in [2.05, 4.69) is 4.90 Å². The Morgan fingerprint density at radius 3 is 2.63 bits per heavy atom. The molecule has 1 saturated heterocycles.